The molecule has 1 aliphatic rings. The molecule has 2 rings (SSSR count). The van der Waals surface area contributed by atoms with E-state index in [-0.39, 0.29) is 0 Å². The average molecular weight is 260 g/mol. The summed E-state index contributed by atoms with van der Waals surface area (Å²) in [5, 5.41) is 10.5. The van der Waals surface area contributed by atoms with Gasteiger partial charge in [-0.3, -0.25) is 0 Å². The van der Waals surface area contributed by atoms with Crippen molar-refractivity contribution in [3.05, 3.63) is 47.0 Å². The van der Waals surface area contributed by atoms with E-state index in [9.17, 15) is 5.11 Å². The number of methoxy groups -OCH3 is 1. The highest BCUT2D eigenvalue weighted by atomic mass is 16.5. The largest absolute Gasteiger partial charge is 0.384 e. The molecule has 0 saturated carbocycles. The molecule has 0 radical (unpaired) electrons. The van der Waals surface area contributed by atoms with Crippen molar-refractivity contribution in [1.82, 2.24) is 0 Å². The molecule has 1 unspecified atom stereocenters. The summed E-state index contributed by atoms with van der Waals surface area (Å²) >= 11 is 0. The zero-order valence-electron chi connectivity index (χ0n) is 11.8. The molecule has 1 N–H and O–H groups in total. The van der Waals surface area contributed by atoms with Crippen LogP contribution in [0, 0.1) is 0 Å². The molecule has 0 heterocycles. The molecule has 0 bridgehead atoms. The topological polar surface area (TPSA) is 29.5 Å². The molecule has 0 aromatic heterocycles. The minimum absolute atomic E-state index is 0.435. The van der Waals surface area contributed by atoms with Crippen molar-refractivity contribution < 1.29 is 9.84 Å². The van der Waals surface area contributed by atoms with E-state index in [0.29, 0.717) is 6.61 Å². The molecule has 1 aromatic carbocycles. The monoisotopic (exact) mass is 260 g/mol. The lowest BCUT2D eigenvalue weighted by molar-refractivity contribution is 0.184. The second-order valence-corrected chi connectivity index (χ2v) is 5.31. The first-order chi connectivity index (χ1) is 9.31. The molecule has 104 valence electrons. The summed E-state index contributed by atoms with van der Waals surface area (Å²) in [7, 11) is 1.70. The van der Waals surface area contributed by atoms with E-state index in [1.54, 1.807) is 7.11 Å². The van der Waals surface area contributed by atoms with Crippen LogP contribution in [0.25, 0.3) is 0 Å². The summed E-state index contributed by atoms with van der Waals surface area (Å²) in [6.45, 7) is 0.624. The van der Waals surface area contributed by atoms with Crippen molar-refractivity contribution in [2.45, 2.75) is 51.2 Å². The Balaban J connectivity index is 2.06. The molecule has 0 aliphatic heterocycles. The highest BCUT2D eigenvalue weighted by molar-refractivity contribution is 5.29. The van der Waals surface area contributed by atoms with Gasteiger partial charge in [0.2, 0.25) is 0 Å². The van der Waals surface area contributed by atoms with Crippen LogP contribution in [0.5, 0.6) is 0 Å². The van der Waals surface area contributed by atoms with E-state index in [2.05, 4.69) is 6.08 Å². The predicted molar refractivity (Wildman–Crippen MR) is 77.9 cm³/mol. The summed E-state index contributed by atoms with van der Waals surface area (Å²) in [6, 6.07) is 8.09. The smallest absolute Gasteiger partial charge is 0.100 e. The number of hydrogen-bond acceptors (Lipinski definition) is 2. The van der Waals surface area contributed by atoms with E-state index in [1.807, 2.05) is 24.3 Å². The fourth-order valence-corrected chi connectivity index (χ4v) is 2.64. The van der Waals surface area contributed by atoms with Crippen LogP contribution in [0.1, 0.15) is 55.8 Å². The lowest BCUT2D eigenvalue weighted by atomic mass is 9.92. The van der Waals surface area contributed by atoms with Crippen molar-refractivity contribution in [1.29, 1.82) is 0 Å². The van der Waals surface area contributed by atoms with Gasteiger partial charge in [0.25, 0.3) is 0 Å². The molecule has 0 spiro atoms. The van der Waals surface area contributed by atoms with Gasteiger partial charge in [-0.05, 0) is 42.4 Å². The van der Waals surface area contributed by atoms with Gasteiger partial charge in [0.15, 0.2) is 0 Å². The number of hydrogen-bond donors (Lipinski definition) is 1. The van der Waals surface area contributed by atoms with Crippen molar-refractivity contribution in [2.24, 2.45) is 0 Å². The third kappa shape index (κ3) is 4.19. The highest BCUT2D eigenvalue weighted by Gasteiger charge is 2.14. The zero-order chi connectivity index (χ0) is 13.5. The zero-order valence-corrected chi connectivity index (χ0v) is 11.8. The van der Waals surface area contributed by atoms with Gasteiger partial charge in [0.1, 0.15) is 6.10 Å². The lowest BCUT2D eigenvalue weighted by Gasteiger charge is -2.18. The summed E-state index contributed by atoms with van der Waals surface area (Å²) in [5.74, 6) is 0. The normalized spacial score (nSPS) is 21.1. The molecule has 1 aromatic rings. The Hall–Kier alpha value is -1.12. The molecule has 19 heavy (non-hydrogen) atoms. The second-order valence-electron chi connectivity index (χ2n) is 5.31. The number of aliphatic hydroxyl groups is 1. The van der Waals surface area contributed by atoms with Crippen LogP contribution in [0.2, 0.25) is 0 Å². The summed E-state index contributed by atoms with van der Waals surface area (Å²) in [4.78, 5) is 0. The molecular formula is C17H24O2. The number of ether oxygens (including phenoxy) is 1. The quantitative estimate of drug-likeness (QED) is 0.824. The minimum Gasteiger partial charge on any atom is -0.384 e. The molecule has 2 nitrogen and oxygen atoms in total. The lowest BCUT2D eigenvalue weighted by Crippen LogP contribution is -2.04. The van der Waals surface area contributed by atoms with Gasteiger partial charge in [-0.25, -0.2) is 0 Å². The first kappa shape index (κ1) is 14.3. The van der Waals surface area contributed by atoms with Gasteiger partial charge < -0.3 is 9.84 Å². The third-order valence-electron chi connectivity index (χ3n) is 3.78. The Kier molecular flexibility index (Phi) is 5.62. The van der Waals surface area contributed by atoms with E-state index in [4.69, 9.17) is 4.74 Å². The summed E-state index contributed by atoms with van der Waals surface area (Å²) < 4.78 is 5.10. The number of allylic oxidation sites excluding steroid dienone is 1. The van der Waals surface area contributed by atoms with Crippen LogP contribution >= 0.6 is 0 Å². The van der Waals surface area contributed by atoms with Crippen molar-refractivity contribution in [3.8, 4) is 0 Å². The van der Waals surface area contributed by atoms with E-state index < -0.39 is 6.10 Å². The standard InChI is InChI=1S/C17H24O2/c1-19-13-14-9-11-16(12-10-14)17(18)15-7-5-3-2-4-6-8-15/h7,9-12,17-18H,2-6,8,13H2,1H3/b15-7+. The molecule has 1 atom stereocenters. The number of rotatable bonds is 4. The van der Waals surface area contributed by atoms with Gasteiger partial charge in [0, 0.05) is 7.11 Å². The molecule has 2 heteroatoms. The van der Waals surface area contributed by atoms with Crippen LogP contribution in [-0.2, 0) is 11.3 Å². The van der Waals surface area contributed by atoms with Crippen molar-refractivity contribution in [2.75, 3.05) is 7.11 Å². The highest BCUT2D eigenvalue weighted by Crippen LogP contribution is 2.28. The van der Waals surface area contributed by atoms with Crippen LogP contribution in [0.3, 0.4) is 0 Å². The first-order valence-corrected chi connectivity index (χ1v) is 7.26. The molecule has 1 aliphatic carbocycles. The van der Waals surface area contributed by atoms with Crippen LogP contribution < -0.4 is 0 Å². The van der Waals surface area contributed by atoms with Gasteiger partial charge >= 0.3 is 0 Å². The van der Waals surface area contributed by atoms with E-state index in [0.717, 1.165) is 24.0 Å². The Morgan fingerprint density at radius 1 is 1.11 bits per heavy atom. The van der Waals surface area contributed by atoms with Gasteiger partial charge in [-0.1, -0.05) is 43.2 Å². The second kappa shape index (κ2) is 7.46. The Morgan fingerprint density at radius 2 is 1.84 bits per heavy atom. The number of benzene rings is 1. The van der Waals surface area contributed by atoms with Crippen LogP contribution in [-0.4, -0.2) is 12.2 Å². The Bertz CT molecular complexity index is 406. The molecule has 0 saturated heterocycles. The predicted octanol–water partition coefficient (Wildman–Crippen LogP) is 4.15. The average Bonchev–Trinajstić information content (AvgIpc) is 2.39. The number of aliphatic hydroxyl groups excluding tert-OH is 1. The fraction of sp³-hybridized carbons (Fsp3) is 0.529. The Labute approximate surface area is 116 Å². The molecular weight excluding hydrogens is 236 g/mol. The van der Waals surface area contributed by atoms with Crippen LogP contribution in [0.4, 0.5) is 0 Å². The van der Waals surface area contributed by atoms with Crippen molar-refractivity contribution >= 4 is 0 Å². The third-order valence-corrected chi connectivity index (χ3v) is 3.78. The van der Waals surface area contributed by atoms with E-state index >= 15 is 0 Å². The maximum atomic E-state index is 10.5. The first-order valence-electron chi connectivity index (χ1n) is 7.26. The van der Waals surface area contributed by atoms with Gasteiger partial charge in [-0.2, -0.15) is 0 Å². The fourth-order valence-electron chi connectivity index (χ4n) is 2.64. The maximum absolute atomic E-state index is 10.5. The minimum atomic E-state index is -0.435. The van der Waals surface area contributed by atoms with Crippen LogP contribution in [0.15, 0.2) is 35.9 Å². The summed E-state index contributed by atoms with van der Waals surface area (Å²) in [5.41, 5.74) is 3.33. The maximum Gasteiger partial charge on any atom is 0.100 e. The van der Waals surface area contributed by atoms with E-state index in [1.165, 1.54) is 31.3 Å². The van der Waals surface area contributed by atoms with Crippen molar-refractivity contribution in [3.63, 3.8) is 0 Å². The van der Waals surface area contributed by atoms with Gasteiger partial charge in [0.05, 0.1) is 6.61 Å². The molecule has 0 amide bonds. The van der Waals surface area contributed by atoms with Gasteiger partial charge in [-0.15, -0.1) is 0 Å². The molecule has 0 fully saturated rings. The SMILES string of the molecule is COCc1ccc(C(O)/C2=C/CCCCCC2)cc1. The Morgan fingerprint density at radius 3 is 2.58 bits per heavy atom. The summed E-state index contributed by atoms with van der Waals surface area (Å²) in [6.07, 6.45) is 9.01.